The Hall–Kier alpha value is -2.92. The van der Waals surface area contributed by atoms with Crippen LogP contribution in [0.3, 0.4) is 0 Å². The number of fused-ring (bicyclic) bond motifs is 1. The SMILES string of the molecule is CCc1ccc(-n2c(C)cc(/C=N/Nc3nc4ccccc4s3)c2C)cc1. The zero-order chi connectivity index (χ0) is 18.8. The van der Waals surface area contributed by atoms with Gasteiger partial charge in [-0.15, -0.1) is 0 Å². The molecule has 0 unspecified atom stereocenters. The van der Waals surface area contributed by atoms with Gasteiger partial charge < -0.3 is 4.57 Å². The normalized spacial score (nSPS) is 11.5. The Balaban J connectivity index is 1.56. The van der Waals surface area contributed by atoms with Gasteiger partial charge in [0.15, 0.2) is 0 Å². The van der Waals surface area contributed by atoms with Crippen LogP contribution in [0.15, 0.2) is 59.7 Å². The van der Waals surface area contributed by atoms with E-state index in [4.69, 9.17) is 0 Å². The fraction of sp³-hybridized carbons (Fsp3) is 0.182. The van der Waals surface area contributed by atoms with E-state index in [1.54, 1.807) is 11.3 Å². The van der Waals surface area contributed by atoms with Crippen molar-refractivity contribution in [1.82, 2.24) is 9.55 Å². The number of nitrogens with zero attached hydrogens (tertiary/aromatic N) is 3. The Kier molecular flexibility index (Phi) is 4.77. The quantitative estimate of drug-likeness (QED) is 0.359. The molecule has 1 N–H and O–H groups in total. The van der Waals surface area contributed by atoms with Gasteiger partial charge in [0.05, 0.1) is 16.4 Å². The summed E-state index contributed by atoms with van der Waals surface area (Å²) in [7, 11) is 0. The van der Waals surface area contributed by atoms with Crippen molar-refractivity contribution in [2.45, 2.75) is 27.2 Å². The largest absolute Gasteiger partial charge is 0.318 e. The van der Waals surface area contributed by atoms with Crippen molar-refractivity contribution in [3.8, 4) is 5.69 Å². The first-order valence-corrected chi connectivity index (χ1v) is 9.90. The molecule has 0 saturated carbocycles. The van der Waals surface area contributed by atoms with Crippen LogP contribution in [0.25, 0.3) is 15.9 Å². The number of aromatic nitrogens is 2. The molecule has 0 aliphatic rings. The lowest BCUT2D eigenvalue weighted by Crippen LogP contribution is -2.00. The van der Waals surface area contributed by atoms with E-state index < -0.39 is 0 Å². The lowest BCUT2D eigenvalue weighted by Gasteiger charge is -2.10. The highest BCUT2D eigenvalue weighted by Crippen LogP contribution is 2.25. The minimum Gasteiger partial charge on any atom is -0.318 e. The van der Waals surface area contributed by atoms with Gasteiger partial charge in [0.25, 0.3) is 0 Å². The molecule has 5 heteroatoms. The number of para-hydroxylation sites is 1. The summed E-state index contributed by atoms with van der Waals surface area (Å²) in [6.07, 6.45) is 2.92. The van der Waals surface area contributed by atoms with Crippen molar-refractivity contribution in [3.05, 3.63) is 77.1 Å². The van der Waals surface area contributed by atoms with Gasteiger partial charge in [-0.1, -0.05) is 42.5 Å². The number of rotatable bonds is 5. The van der Waals surface area contributed by atoms with Gasteiger partial charge >= 0.3 is 0 Å². The molecule has 4 aromatic rings. The van der Waals surface area contributed by atoms with Gasteiger partial charge in [0, 0.05) is 22.6 Å². The maximum absolute atomic E-state index is 4.54. The first-order valence-electron chi connectivity index (χ1n) is 9.08. The predicted molar refractivity (Wildman–Crippen MR) is 115 cm³/mol. The van der Waals surface area contributed by atoms with Crippen LogP contribution in [0.5, 0.6) is 0 Å². The summed E-state index contributed by atoms with van der Waals surface area (Å²) in [5.74, 6) is 0. The third-order valence-electron chi connectivity index (χ3n) is 4.73. The fourth-order valence-electron chi connectivity index (χ4n) is 3.27. The highest BCUT2D eigenvalue weighted by Gasteiger charge is 2.09. The molecule has 4 rings (SSSR count). The van der Waals surface area contributed by atoms with Crippen molar-refractivity contribution in [2.24, 2.45) is 5.10 Å². The first kappa shape index (κ1) is 17.5. The number of hydrogen-bond acceptors (Lipinski definition) is 4. The number of hydrazone groups is 1. The molecule has 0 amide bonds. The van der Waals surface area contributed by atoms with Crippen molar-refractivity contribution in [2.75, 3.05) is 5.43 Å². The third kappa shape index (κ3) is 3.51. The average molecular weight is 375 g/mol. The van der Waals surface area contributed by atoms with E-state index in [9.17, 15) is 0 Å². The zero-order valence-corrected chi connectivity index (χ0v) is 16.5. The summed E-state index contributed by atoms with van der Waals surface area (Å²) in [4.78, 5) is 4.54. The Morgan fingerprint density at radius 1 is 1.11 bits per heavy atom. The predicted octanol–water partition coefficient (Wildman–Crippen LogP) is 5.71. The number of nitrogens with one attached hydrogen (secondary N) is 1. The van der Waals surface area contributed by atoms with Gasteiger partial charge in [-0.2, -0.15) is 5.10 Å². The first-order chi connectivity index (χ1) is 13.2. The second kappa shape index (κ2) is 7.37. The van der Waals surface area contributed by atoms with E-state index in [2.05, 4.69) is 77.2 Å². The molecule has 136 valence electrons. The second-order valence-electron chi connectivity index (χ2n) is 6.54. The molecule has 27 heavy (non-hydrogen) atoms. The number of anilines is 1. The summed E-state index contributed by atoms with van der Waals surface area (Å²) in [6, 6.07) is 19.0. The van der Waals surface area contributed by atoms with Crippen LogP contribution in [0.2, 0.25) is 0 Å². The minimum atomic E-state index is 0.802. The Bertz CT molecular complexity index is 1070. The van der Waals surface area contributed by atoms with Crippen molar-refractivity contribution in [3.63, 3.8) is 0 Å². The van der Waals surface area contributed by atoms with Crippen LogP contribution in [-0.2, 0) is 6.42 Å². The molecule has 0 fully saturated rings. The average Bonchev–Trinajstić information content (AvgIpc) is 3.22. The molecule has 0 aliphatic heterocycles. The van der Waals surface area contributed by atoms with E-state index in [0.717, 1.165) is 27.3 Å². The smallest absolute Gasteiger partial charge is 0.204 e. The third-order valence-corrected chi connectivity index (χ3v) is 5.67. The summed E-state index contributed by atoms with van der Waals surface area (Å²) in [5.41, 5.74) is 10.1. The molecular weight excluding hydrogens is 352 g/mol. The summed E-state index contributed by atoms with van der Waals surface area (Å²) in [5, 5.41) is 5.21. The fourth-order valence-corrected chi connectivity index (χ4v) is 4.09. The molecule has 0 spiro atoms. The standard InChI is InChI=1S/C22H22N4S/c1-4-17-9-11-19(12-10-17)26-15(2)13-18(16(26)3)14-23-25-22-24-20-7-5-6-8-21(20)27-22/h5-14H,4H2,1-3H3,(H,24,25)/b23-14+. The lowest BCUT2D eigenvalue weighted by molar-refractivity contribution is 0.962. The molecule has 2 aromatic heterocycles. The van der Waals surface area contributed by atoms with E-state index in [1.807, 2.05) is 24.4 Å². The van der Waals surface area contributed by atoms with Gasteiger partial charge in [0.2, 0.25) is 5.13 Å². The second-order valence-corrected chi connectivity index (χ2v) is 7.57. The van der Waals surface area contributed by atoms with Crippen LogP contribution < -0.4 is 5.43 Å². The van der Waals surface area contributed by atoms with E-state index >= 15 is 0 Å². The summed E-state index contributed by atoms with van der Waals surface area (Å²) in [6.45, 7) is 6.42. The van der Waals surface area contributed by atoms with E-state index in [0.29, 0.717) is 0 Å². The highest BCUT2D eigenvalue weighted by molar-refractivity contribution is 7.22. The molecule has 2 heterocycles. The maximum Gasteiger partial charge on any atom is 0.204 e. The maximum atomic E-state index is 4.54. The molecular formula is C22H22N4S. The molecule has 0 atom stereocenters. The Labute approximate surface area is 163 Å². The van der Waals surface area contributed by atoms with Crippen LogP contribution in [0.4, 0.5) is 5.13 Å². The molecule has 2 aromatic carbocycles. The minimum absolute atomic E-state index is 0.802. The number of thiazole rings is 1. The van der Waals surface area contributed by atoms with E-state index in [1.165, 1.54) is 22.6 Å². The van der Waals surface area contributed by atoms with E-state index in [-0.39, 0.29) is 0 Å². The molecule has 4 nitrogen and oxygen atoms in total. The van der Waals surface area contributed by atoms with Crippen LogP contribution in [0, 0.1) is 13.8 Å². The molecule has 0 radical (unpaired) electrons. The molecule has 0 saturated heterocycles. The monoisotopic (exact) mass is 374 g/mol. The van der Waals surface area contributed by atoms with Gasteiger partial charge in [-0.25, -0.2) is 4.98 Å². The van der Waals surface area contributed by atoms with Crippen molar-refractivity contribution < 1.29 is 0 Å². The molecule has 0 aliphatic carbocycles. The Morgan fingerprint density at radius 2 is 1.89 bits per heavy atom. The number of aryl methyl sites for hydroxylation is 2. The lowest BCUT2D eigenvalue weighted by atomic mass is 10.1. The van der Waals surface area contributed by atoms with Crippen LogP contribution in [-0.4, -0.2) is 15.8 Å². The zero-order valence-electron chi connectivity index (χ0n) is 15.7. The summed E-state index contributed by atoms with van der Waals surface area (Å²) >= 11 is 1.60. The topological polar surface area (TPSA) is 42.2 Å². The van der Waals surface area contributed by atoms with Gasteiger partial charge in [0.1, 0.15) is 0 Å². The number of benzene rings is 2. The molecule has 0 bridgehead atoms. The Morgan fingerprint density at radius 3 is 2.63 bits per heavy atom. The van der Waals surface area contributed by atoms with Crippen molar-refractivity contribution >= 4 is 32.9 Å². The van der Waals surface area contributed by atoms with Gasteiger partial charge in [-0.3, -0.25) is 5.43 Å². The van der Waals surface area contributed by atoms with Gasteiger partial charge in [-0.05, 0) is 56.2 Å². The van der Waals surface area contributed by atoms with Crippen LogP contribution >= 0.6 is 11.3 Å². The van der Waals surface area contributed by atoms with Crippen molar-refractivity contribution in [1.29, 1.82) is 0 Å². The summed E-state index contributed by atoms with van der Waals surface area (Å²) < 4.78 is 3.42. The highest BCUT2D eigenvalue weighted by atomic mass is 32.1. The number of hydrogen-bond donors (Lipinski definition) is 1. The van der Waals surface area contributed by atoms with Crippen LogP contribution in [0.1, 0.15) is 29.4 Å².